The molecule has 1 aromatic heterocycles. The third-order valence-electron chi connectivity index (χ3n) is 2.21. The van der Waals surface area contributed by atoms with Gasteiger partial charge in [0.25, 0.3) is 0 Å². The number of para-hydroxylation sites is 1. The molecule has 1 heterocycles. The van der Waals surface area contributed by atoms with Gasteiger partial charge in [0.15, 0.2) is 5.69 Å². The second-order valence-electron chi connectivity index (χ2n) is 3.31. The fraction of sp³-hybridized carbons (Fsp3) is 0.273. The SMILES string of the molecule is COCCONc1oc2ccccc2c1N=O. The molecule has 6 nitrogen and oxygen atoms in total. The van der Waals surface area contributed by atoms with Crippen LogP contribution in [-0.4, -0.2) is 20.3 Å². The van der Waals surface area contributed by atoms with Gasteiger partial charge in [-0.15, -0.1) is 4.91 Å². The van der Waals surface area contributed by atoms with Crippen molar-refractivity contribution in [1.29, 1.82) is 0 Å². The Kier molecular flexibility index (Phi) is 3.69. The van der Waals surface area contributed by atoms with Gasteiger partial charge >= 0.3 is 0 Å². The zero-order chi connectivity index (χ0) is 12.1. The highest BCUT2D eigenvalue weighted by Gasteiger charge is 2.14. The summed E-state index contributed by atoms with van der Waals surface area (Å²) in [4.78, 5) is 15.8. The first-order valence-corrected chi connectivity index (χ1v) is 5.08. The lowest BCUT2D eigenvalue weighted by Gasteiger charge is -2.02. The molecule has 6 heteroatoms. The van der Waals surface area contributed by atoms with Crippen LogP contribution in [-0.2, 0) is 9.57 Å². The maximum absolute atomic E-state index is 10.8. The van der Waals surface area contributed by atoms with Gasteiger partial charge in [-0.1, -0.05) is 12.1 Å². The van der Waals surface area contributed by atoms with Crippen LogP contribution in [0.1, 0.15) is 0 Å². The number of benzene rings is 1. The number of nitrogens with zero attached hydrogens (tertiary/aromatic N) is 1. The van der Waals surface area contributed by atoms with Crippen LogP contribution in [0, 0.1) is 4.91 Å². The average Bonchev–Trinajstić information content (AvgIpc) is 2.72. The van der Waals surface area contributed by atoms with E-state index in [4.69, 9.17) is 14.0 Å². The number of anilines is 1. The van der Waals surface area contributed by atoms with Crippen molar-refractivity contribution in [2.24, 2.45) is 5.18 Å². The van der Waals surface area contributed by atoms with E-state index in [-0.39, 0.29) is 11.6 Å². The molecule has 17 heavy (non-hydrogen) atoms. The number of nitroso groups, excluding NO2 is 1. The molecule has 1 aromatic carbocycles. The normalized spacial score (nSPS) is 10.6. The number of hydrogen-bond donors (Lipinski definition) is 1. The number of methoxy groups -OCH3 is 1. The predicted molar refractivity (Wildman–Crippen MR) is 63.1 cm³/mol. The molecule has 0 radical (unpaired) electrons. The molecule has 1 N–H and O–H groups in total. The summed E-state index contributed by atoms with van der Waals surface area (Å²) in [5, 5.41) is 3.59. The van der Waals surface area contributed by atoms with E-state index < -0.39 is 0 Å². The lowest BCUT2D eigenvalue weighted by molar-refractivity contribution is 0.0981. The lowest BCUT2D eigenvalue weighted by Crippen LogP contribution is -2.06. The highest BCUT2D eigenvalue weighted by atomic mass is 16.7. The molecule has 0 bridgehead atoms. The topological polar surface area (TPSA) is 73.1 Å². The number of furan rings is 1. The third-order valence-corrected chi connectivity index (χ3v) is 2.21. The predicted octanol–water partition coefficient (Wildman–Crippen LogP) is 2.82. The van der Waals surface area contributed by atoms with E-state index in [1.165, 1.54) is 0 Å². The first-order chi connectivity index (χ1) is 8.36. The summed E-state index contributed by atoms with van der Waals surface area (Å²) in [6.07, 6.45) is 0. The fourth-order valence-electron chi connectivity index (χ4n) is 1.43. The highest BCUT2D eigenvalue weighted by Crippen LogP contribution is 2.36. The zero-order valence-corrected chi connectivity index (χ0v) is 9.30. The molecule has 0 fully saturated rings. The van der Waals surface area contributed by atoms with Crippen molar-refractivity contribution in [1.82, 2.24) is 0 Å². The van der Waals surface area contributed by atoms with Crippen LogP contribution in [0.15, 0.2) is 33.9 Å². The van der Waals surface area contributed by atoms with Crippen LogP contribution in [0.2, 0.25) is 0 Å². The van der Waals surface area contributed by atoms with Crippen molar-refractivity contribution in [3.63, 3.8) is 0 Å². The minimum Gasteiger partial charge on any atom is -0.436 e. The highest BCUT2D eigenvalue weighted by molar-refractivity contribution is 5.94. The zero-order valence-electron chi connectivity index (χ0n) is 9.30. The summed E-state index contributed by atoms with van der Waals surface area (Å²) in [5.41, 5.74) is 3.34. The Balaban J connectivity index is 2.18. The molecule has 2 aromatic rings. The molecule has 0 atom stereocenters. The molecular formula is C11H12N2O4. The molecule has 0 aliphatic carbocycles. The maximum atomic E-state index is 10.8. The molecule has 0 aliphatic heterocycles. The molecule has 0 spiro atoms. The summed E-state index contributed by atoms with van der Waals surface area (Å²) in [6, 6.07) is 7.14. The van der Waals surface area contributed by atoms with E-state index in [1.54, 1.807) is 19.2 Å². The molecule has 0 aliphatic rings. The van der Waals surface area contributed by atoms with Crippen LogP contribution in [0.5, 0.6) is 0 Å². The smallest absolute Gasteiger partial charge is 0.247 e. The Morgan fingerprint density at radius 1 is 1.35 bits per heavy atom. The van der Waals surface area contributed by atoms with E-state index in [1.807, 2.05) is 12.1 Å². The van der Waals surface area contributed by atoms with Gasteiger partial charge in [0.1, 0.15) is 5.58 Å². The van der Waals surface area contributed by atoms with Crippen molar-refractivity contribution in [2.45, 2.75) is 0 Å². The van der Waals surface area contributed by atoms with Crippen molar-refractivity contribution in [3.05, 3.63) is 29.2 Å². The summed E-state index contributed by atoms with van der Waals surface area (Å²) >= 11 is 0. The van der Waals surface area contributed by atoms with Gasteiger partial charge in [-0.2, -0.15) is 0 Å². The van der Waals surface area contributed by atoms with Gasteiger partial charge < -0.3 is 9.15 Å². The van der Waals surface area contributed by atoms with E-state index in [0.717, 1.165) is 0 Å². The number of ether oxygens (including phenoxy) is 1. The molecular weight excluding hydrogens is 224 g/mol. The second kappa shape index (κ2) is 5.42. The van der Waals surface area contributed by atoms with Gasteiger partial charge in [-0.3, -0.25) is 4.84 Å². The van der Waals surface area contributed by atoms with Gasteiger partial charge in [0, 0.05) is 7.11 Å². The number of fused-ring (bicyclic) bond motifs is 1. The van der Waals surface area contributed by atoms with E-state index in [2.05, 4.69) is 10.7 Å². The van der Waals surface area contributed by atoms with Crippen LogP contribution >= 0.6 is 0 Å². The van der Waals surface area contributed by atoms with Gasteiger partial charge in [0.05, 0.1) is 18.6 Å². The van der Waals surface area contributed by atoms with Crippen LogP contribution in [0.3, 0.4) is 0 Å². The van der Waals surface area contributed by atoms with Crippen molar-refractivity contribution < 1.29 is 14.0 Å². The maximum Gasteiger partial charge on any atom is 0.247 e. The van der Waals surface area contributed by atoms with E-state index >= 15 is 0 Å². The van der Waals surface area contributed by atoms with Crippen LogP contribution < -0.4 is 5.48 Å². The minimum absolute atomic E-state index is 0.206. The first kappa shape index (κ1) is 11.6. The standard InChI is InChI=1S/C11H12N2O4/c1-15-6-7-16-13-11-10(12-14)8-4-2-3-5-9(8)17-11/h2-5,13H,6-7H2,1H3. The molecule has 0 unspecified atom stereocenters. The van der Waals surface area contributed by atoms with Crippen molar-refractivity contribution >= 4 is 22.5 Å². The summed E-state index contributed by atoms with van der Waals surface area (Å²) in [7, 11) is 1.57. The van der Waals surface area contributed by atoms with E-state index in [9.17, 15) is 4.91 Å². The molecule has 90 valence electrons. The molecule has 0 saturated heterocycles. The average molecular weight is 236 g/mol. The minimum atomic E-state index is 0.206. The molecule has 2 rings (SSSR count). The number of hydrogen-bond acceptors (Lipinski definition) is 6. The van der Waals surface area contributed by atoms with Gasteiger partial charge in [-0.25, -0.2) is 5.48 Å². The lowest BCUT2D eigenvalue weighted by atomic mass is 10.2. The largest absolute Gasteiger partial charge is 0.436 e. The van der Waals surface area contributed by atoms with Crippen molar-refractivity contribution in [2.75, 3.05) is 25.8 Å². The summed E-state index contributed by atoms with van der Waals surface area (Å²) < 4.78 is 10.2. The Labute approximate surface area is 97.4 Å². The Bertz CT molecular complexity index is 509. The van der Waals surface area contributed by atoms with Gasteiger partial charge in [0.2, 0.25) is 5.88 Å². The summed E-state index contributed by atoms with van der Waals surface area (Å²) in [5.74, 6) is 0.206. The van der Waals surface area contributed by atoms with Crippen LogP contribution in [0.4, 0.5) is 11.6 Å². The first-order valence-electron chi connectivity index (χ1n) is 5.08. The number of rotatable bonds is 6. The quantitative estimate of drug-likeness (QED) is 0.474. The Morgan fingerprint density at radius 2 is 2.18 bits per heavy atom. The van der Waals surface area contributed by atoms with Crippen molar-refractivity contribution in [3.8, 4) is 0 Å². The summed E-state index contributed by atoms with van der Waals surface area (Å²) in [6.45, 7) is 0.781. The molecule has 0 amide bonds. The number of nitrogens with one attached hydrogen (secondary N) is 1. The van der Waals surface area contributed by atoms with E-state index in [0.29, 0.717) is 24.2 Å². The van der Waals surface area contributed by atoms with Gasteiger partial charge in [-0.05, 0) is 17.3 Å². The second-order valence-corrected chi connectivity index (χ2v) is 3.31. The molecule has 0 saturated carbocycles. The third kappa shape index (κ3) is 2.43. The van der Waals surface area contributed by atoms with Crippen LogP contribution in [0.25, 0.3) is 11.0 Å². The fourth-order valence-corrected chi connectivity index (χ4v) is 1.43. The Morgan fingerprint density at radius 3 is 2.94 bits per heavy atom. The monoisotopic (exact) mass is 236 g/mol. The Hall–Kier alpha value is -1.92.